The average molecular weight is 370 g/mol. The van der Waals surface area contributed by atoms with Crippen molar-refractivity contribution in [3.63, 3.8) is 0 Å². The van der Waals surface area contributed by atoms with Gasteiger partial charge in [-0.2, -0.15) is 0 Å². The molecule has 25 heavy (non-hydrogen) atoms. The minimum Gasteiger partial charge on any atom is -0.381 e. The Morgan fingerprint density at radius 2 is 1.72 bits per heavy atom. The van der Waals surface area contributed by atoms with E-state index in [1.165, 1.54) is 0 Å². The van der Waals surface area contributed by atoms with Crippen LogP contribution in [0.5, 0.6) is 0 Å². The van der Waals surface area contributed by atoms with Crippen molar-refractivity contribution >= 4 is 29.9 Å². The van der Waals surface area contributed by atoms with Gasteiger partial charge in [0.25, 0.3) is 5.91 Å². The van der Waals surface area contributed by atoms with Gasteiger partial charge in [-0.3, -0.25) is 9.59 Å². The Morgan fingerprint density at radius 1 is 1.16 bits per heavy atom. The van der Waals surface area contributed by atoms with Gasteiger partial charge in [0.1, 0.15) is 0 Å². The van der Waals surface area contributed by atoms with E-state index >= 15 is 0 Å². The van der Waals surface area contributed by atoms with E-state index in [4.69, 9.17) is 10.5 Å². The van der Waals surface area contributed by atoms with E-state index in [1.807, 2.05) is 20.8 Å². The monoisotopic (exact) mass is 369 g/mol. The van der Waals surface area contributed by atoms with Crippen molar-refractivity contribution in [3.05, 3.63) is 29.8 Å². The summed E-state index contributed by atoms with van der Waals surface area (Å²) in [5.74, 6) is -0.340. The number of nitrogens with one attached hydrogen (secondary N) is 2. The summed E-state index contributed by atoms with van der Waals surface area (Å²) in [4.78, 5) is 24.3. The Balaban J connectivity index is 0.00000312. The minimum absolute atomic E-state index is 0. The van der Waals surface area contributed by atoms with E-state index in [2.05, 4.69) is 10.6 Å². The first kappa shape index (κ1) is 21.4. The largest absolute Gasteiger partial charge is 0.381 e. The van der Waals surface area contributed by atoms with Gasteiger partial charge in [0.05, 0.1) is 6.04 Å². The maximum Gasteiger partial charge on any atom is 0.251 e. The van der Waals surface area contributed by atoms with Crippen molar-refractivity contribution in [1.29, 1.82) is 0 Å². The number of anilines is 1. The second-order valence-corrected chi connectivity index (χ2v) is 7.27. The van der Waals surface area contributed by atoms with Crippen molar-refractivity contribution in [2.75, 3.05) is 18.5 Å². The molecule has 2 rings (SSSR count). The molecule has 1 aromatic carbocycles. The van der Waals surface area contributed by atoms with Gasteiger partial charge in [0.15, 0.2) is 0 Å². The van der Waals surface area contributed by atoms with E-state index in [9.17, 15) is 9.59 Å². The van der Waals surface area contributed by atoms with E-state index in [-0.39, 0.29) is 35.7 Å². The highest BCUT2D eigenvalue weighted by atomic mass is 35.5. The highest BCUT2D eigenvalue weighted by Gasteiger charge is 2.27. The van der Waals surface area contributed by atoms with Crippen LogP contribution in [0.15, 0.2) is 24.3 Å². The molecule has 0 radical (unpaired) electrons. The summed E-state index contributed by atoms with van der Waals surface area (Å²) in [6.07, 6.45) is 1.68. The van der Waals surface area contributed by atoms with Crippen molar-refractivity contribution < 1.29 is 14.3 Å². The number of hydrogen-bond donors (Lipinski definition) is 3. The molecule has 1 atom stereocenters. The lowest BCUT2D eigenvalue weighted by atomic mass is 9.87. The first-order chi connectivity index (χ1) is 11.3. The SMILES string of the molecule is CC(C)(C)[C@H](N)C(=O)Nc1ccc(C(=O)NC2CCOCC2)cc1.Cl. The van der Waals surface area contributed by atoms with Gasteiger partial charge in [0, 0.05) is 30.5 Å². The molecule has 1 aliphatic rings. The van der Waals surface area contributed by atoms with Crippen LogP contribution in [-0.2, 0) is 9.53 Å². The second kappa shape index (κ2) is 9.17. The quantitative estimate of drug-likeness (QED) is 0.759. The molecule has 140 valence electrons. The van der Waals surface area contributed by atoms with Crippen LogP contribution in [0.25, 0.3) is 0 Å². The van der Waals surface area contributed by atoms with Gasteiger partial charge >= 0.3 is 0 Å². The predicted octanol–water partition coefficient (Wildman–Crippen LogP) is 2.33. The number of rotatable bonds is 4. The summed E-state index contributed by atoms with van der Waals surface area (Å²) in [5.41, 5.74) is 6.82. The Hall–Kier alpha value is -1.63. The zero-order valence-corrected chi connectivity index (χ0v) is 15.8. The fraction of sp³-hybridized carbons (Fsp3) is 0.556. The fourth-order valence-corrected chi connectivity index (χ4v) is 2.43. The lowest BCUT2D eigenvalue weighted by Gasteiger charge is -2.25. The summed E-state index contributed by atoms with van der Waals surface area (Å²) >= 11 is 0. The summed E-state index contributed by atoms with van der Waals surface area (Å²) in [5, 5.41) is 5.79. The molecule has 0 aromatic heterocycles. The van der Waals surface area contributed by atoms with E-state index in [0.29, 0.717) is 24.5 Å². The van der Waals surface area contributed by atoms with Crippen LogP contribution in [0.2, 0.25) is 0 Å². The third kappa shape index (κ3) is 6.30. The minimum atomic E-state index is -0.603. The van der Waals surface area contributed by atoms with Crippen LogP contribution in [0, 0.1) is 5.41 Å². The van der Waals surface area contributed by atoms with E-state index < -0.39 is 6.04 Å². The summed E-state index contributed by atoms with van der Waals surface area (Å²) in [6, 6.07) is 6.39. The molecule has 2 amide bonds. The topological polar surface area (TPSA) is 93.5 Å². The molecule has 0 bridgehead atoms. The van der Waals surface area contributed by atoms with Crippen molar-refractivity contribution in [2.45, 2.75) is 45.7 Å². The average Bonchev–Trinajstić information content (AvgIpc) is 2.54. The van der Waals surface area contributed by atoms with Crippen LogP contribution in [0.4, 0.5) is 5.69 Å². The smallest absolute Gasteiger partial charge is 0.251 e. The Kier molecular flexibility index (Phi) is 7.86. The van der Waals surface area contributed by atoms with Crippen LogP contribution in [0.3, 0.4) is 0 Å². The van der Waals surface area contributed by atoms with Crippen LogP contribution < -0.4 is 16.4 Å². The molecule has 1 saturated heterocycles. The lowest BCUT2D eigenvalue weighted by molar-refractivity contribution is -0.119. The standard InChI is InChI=1S/C18H27N3O3.ClH/c1-18(2,3)15(19)17(23)21-13-6-4-12(5-7-13)16(22)20-14-8-10-24-11-9-14;/h4-7,14-15H,8-11,19H2,1-3H3,(H,20,22)(H,21,23);1H/t15-;/m1./s1. The molecule has 7 heteroatoms. The molecule has 4 N–H and O–H groups in total. The van der Waals surface area contributed by atoms with Gasteiger partial charge in [-0.25, -0.2) is 0 Å². The third-order valence-electron chi connectivity index (χ3n) is 4.19. The fourth-order valence-electron chi connectivity index (χ4n) is 2.43. The summed E-state index contributed by atoms with van der Waals surface area (Å²) in [7, 11) is 0. The first-order valence-electron chi connectivity index (χ1n) is 8.32. The van der Waals surface area contributed by atoms with Crippen LogP contribution in [0.1, 0.15) is 44.0 Å². The number of carbonyl (C=O) groups is 2. The molecule has 0 unspecified atom stereocenters. The molecule has 1 fully saturated rings. The van der Waals surface area contributed by atoms with E-state index in [1.54, 1.807) is 24.3 Å². The number of carbonyl (C=O) groups excluding carboxylic acids is 2. The number of hydrogen-bond acceptors (Lipinski definition) is 4. The van der Waals surface area contributed by atoms with Crippen LogP contribution >= 0.6 is 12.4 Å². The Morgan fingerprint density at radius 3 is 2.24 bits per heavy atom. The van der Waals surface area contributed by atoms with E-state index in [0.717, 1.165) is 12.8 Å². The van der Waals surface area contributed by atoms with Gasteiger partial charge in [-0.15, -0.1) is 12.4 Å². The van der Waals surface area contributed by atoms with Crippen molar-refractivity contribution in [3.8, 4) is 0 Å². The molecule has 0 saturated carbocycles. The number of amides is 2. The molecular weight excluding hydrogens is 342 g/mol. The number of nitrogens with two attached hydrogens (primary N) is 1. The number of halogens is 1. The zero-order chi connectivity index (χ0) is 17.7. The summed E-state index contributed by atoms with van der Waals surface area (Å²) in [6.45, 7) is 7.12. The second-order valence-electron chi connectivity index (χ2n) is 7.27. The Labute approximate surface area is 155 Å². The van der Waals surface area contributed by atoms with Crippen LogP contribution in [-0.4, -0.2) is 37.1 Å². The third-order valence-corrected chi connectivity index (χ3v) is 4.19. The van der Waals surface area contributed by atoms with Gasteiger partial charge in [-0.1, -0.05) is 20.8 Å². The molecule has 0 aliphatic carbocycles. The van der Waals surface area contributed by atoms with Crippen molar-refractivity contribution in [2.24, 2.45) is 11.1 Å². The Bertz CT molecular complexity index is 578. The first-order valence-corrected chi connectivity index (χ1v) is 8.32. The molecule has 1 heterocycles. The normalized spacial score (nSPS) is 16.5. The zero-order valence-electron chi connectivity index (χ0n) is 15.0. The maximum absolute atomic E-state index is 12.2. The summed E-state index contributed by atoms with van der Waals surface area (Å²) < 4.78 is 5.28. The lowest BCUT2D eigenvalue weighted by Crippen LogP contribution is -2.45. The highest BCUT2D eigenvalue weighted by molar-refractivity contribution is 5.97. The highest BCUT2D eigenvalue weighted by Crippen LogP contribution is 2.19. The maximum atomic E-state index is 12.2. The van der Waals surface area contributed by atoms with Crippen molar-refractivity contribution in [1.82, 2.24) is 5.32 Å². The molecule has 1 aliphatic heterocycles. The predicted molar refractivity (Wildman–Crippen MR) is 101 cm³/mol. The number of benzene rings is 1. The molecule has 6 nitrogen and oxygen atoms in total. The molecular formula is C18H28ClN3O3. The van der Waals surface area contributed by atoms with Gasteiger partial charge in [-0.05, 0) is 42.5 Å². The molecule has 1 aromatic rings. The van der Waals surface area contributed by atoms with Gasteiger partial charge in [0.2, 0.25) is 5.91 Å². The van der Waals surface area contributed by atoms with Gasteiger partial charge < -0.3 is 21.1 Å². The molecule has 0 spiro atoms. The number of ether oxygens (including phenoxy) is 1.